The summed E-state index contributed by atoms with van der Waals surface area (Å²) in [6, 6.07) is 7.81. The summed E-state index contributed by atoms with van der Waals surface area (Å²) < 4.78 is 31.1. The van der Waals surface area contributed by atoms with Gasteiger partial charge in [0.2, 0.25) is 0 Å². The molecule has 5 nitrogen and oxygen atoms in total. The summed E-state index contributed by atoms with van der Waals surface area (Å²) in [7, 11) is -2.32. The van der Waals surface area contributed by atoms with Gasteiger partial charge in [0.05, 0.1) is 7.11 Å². The van der Waals surface area contributed by atoms with Crippen molar-refractivity contribution in [2.75, 3.05) is 7.11 Å². The molecule has 1 aromatic heterocycles. The zero-order valence-corrected chi connectivity index (χ0v) is 12.5. The highest BCUT2D eigenvalue weighted by atomic mass is 32.2. The first-order chi connectivity index (χ1) is 9.44. The molecule has 0 aliphatic rings. The van der Waals surface area contributed by atoms with E-state index in [1.54, 1.807) is 23.6 Å². The van der Waals surface area contributed by atoms with Gasteiger partial charge in [-0.2, -0.15) is 0 Å². The molecule has 1 amide bonds. The molecule has 0 saturated carbocycles. The van der Waals surface area contributed by atoms with E-state index in [0.717, 1.165) is 16.9 Å². The van der Waals surface area contributed by atoms with Crippen LogP contribution in [0.1, 0.15) is 15.9 Å². The van der Waals surface area contributed by atoms with Crippen molar-refractivity contribution >= 4 is 27.3 Å². The van der Waals surface area contributed by atoms with Crippen molar-refractivity contribution in [3.8, 4) is 5.75 Å². The fourth-order valence-corrected chi connectivity index (χ4v) is 3.58. The minimum atomic E-state index is -3.82. The molecule has 0 aliphatic heterocycles. The highest BCUT2D eigenvalue weighted by Crippen LogP contribution is 2.20. The van der Waals surface area contributed by atoms with Gasteiger partial charge >= 0.3 is 0 Å². The molecule has 1 heterocycles. The van der Waals surface area contributed by atoms with Gasteiger partial charge in [0.1, 0.15) is 9.96 Å². The number of carbonyl (C=O) groups is 1. The van der Waals surface area contributed by atoms with Crippen molar-refractivity contribution in [3.05, 3.63) is 46.8 Å². The number of nitrogens with one attached hydrogen (secondary N) is 1. The van der Waals surface area contributed by atoms with E-state index in [4.69, 9.17) is 4.74 Å². The molecule has 0 unspecified atom stereocenters. The molecule has 0 bridgehead atoms. The number of amides is 1. The normalized spacial score (nSPS) is 11.1. The molecule has 0 radical (unpaired) electrons. The average molecular weight is 311 g/mol. The summed E-state index contributed by atoms with van der Waals surface area (Å²) in [5.41, 5.74) is 1.10. The first kappa shape index (κ1) is 14.5. The number of carbonyl (C=O) groups excluding carboxylic acids is 1. The van der Waals surface area contributed by atoms with E-state index in [0.29, 0.717) is 5.75 Å². The van der Waals surface area contributed by atoms with Crippen LogP contribution in [0.2, 0.25) is 0 Å². The molecular weight excluding hydrogens is 298 g/mol. The van der Waals surface area contributed by atoms with Gasteiger partial charge in [0.25, 0.3) is 15.9 Å². The second-order valence-corrected chi connectivity index (χ2v) is 6.91. The largest absolute Gasteiger partial charge is 0.496 e. The van der Waals surface area contributed by atoms with Crippen molar-refractivity contribution in [3.63, 3.8) is 0 Å². The molecule has 0 fully saturated rings. The average Bonchev–Trinajstić information content (AvgIpc) is 2.93. The lowest BCUT2D eigenvalue weighted by molar-refractivity contribution is 0.0981. The summed E-state index contributed by atoms with van der Waals surface area (Å²) in [4.78, 5) is 12.0. The summed E-state index contributed by atoms with van der Waals surface area (Å²) in [6.07, 6.45) is 0. The molecule has 106 valence electrons. The number of hydrogen-bond donors (Lipinski definition) is 1. The highest BCUT2D eigenvalue weighted by molar-refractivity contribution is 7.92. The Labute approximate surface area is 121 Å². The predicted molar refractivity (Wildman–Crippen MR) is 76.7 cm³/mol. The number of methoxy groups -OCH3 is 1. The summed E-state index contributed by atoms with van der Waals surface area (Å²) in [6.45, 7) is 1.84. The van der Waals surface area contributed by atoms with Gasteiger partial charge in [-0.25, -0.2) is 13.1 Å². The lowest BCUT2D eigenvalue weighted by Crippen LogP contribution is -2.30. The van der Waals surface area contributed by atoms with Gasteiger partial charge in [-0.05, 0) is 36.1 Å². The van der Waals surface area contributed by atoms with Crippen LogP contribution in [0.3, 0.4) is 0 Å². The molecule has 2 rings (SSSR count). The van der Waals surface area contributed by atoms with Crippen molar-refractivity contribution in [1.29, 1.82) is 0 Å². The molecule has 0 saturated heterocycles. The number of benzene rings is 1. The van der Waals surface area contributed by atoms with Crippen LogP contribution in [0.25, 0.3) is 0 Å². The van der Waals surface area contributed by atoms with Gasteiger partial charge < -0.3 is 4.74 Å². The van der Waals surface area contributed by atoms with E-state index >= 15 is 0 Å². The Bertz CT molecular complexity index is 721. The molecule has 0 atom stereocenters. The number of rotatable bonds is 4. The maximum atomic E-state index is 12.0. The Morgan fingerprint density at radius 2 is 2.05 bits per heavy atom. The van der Waals surface area contributed by atoms with Crippen LogP contribution >= 0.6 is 11.3 Å². The van der Waals surface area contributed by atoms with Crippen molar-refractivity contribution in [1.82, 2.24) is 4.72 Å². The maximum absolute atomic E-state index is 12.0. The minimum absolute atomic E-state index is 0.102. The number of aryl methyl sites for hydroxylation is 1. The zero-order chi connectivity index (χ0) is 14.8. The smallest absolute Gasteiger partial charge is 0.273 e. The second-order valence-electron chi connectivity index (χ2n) is 4.05. The Morgan fingerprint density at radius 1 is 1.30 bits per heavy atom. The van der Waals surface area contributed by atoms with Gasteiger partial charge in [-0.1, -0.05) is 12.1 Å². The van der Waals surface area contributed by atoms with Crippen LogP contribution in [0.5, 0.6) is 5.75 Å². The third-order valence-electron chi connectivity index (χ3n) is 2.66. The Kier molecular flexibility index (Phi) is 4.10. The molecular formula is C13H13NO4S2. The van der Waals surface area contributed by atoms with E-state index in [2.05, 4.69) is 0 Å². The fourth-order valence-electron chi connectivity index (χ4n) is 1.61. The molecule has 0 spiro atoms. The van der Waals surface area contributed by atoms with E-state index in [9.17, 15) is 13.2 Å². The second kappa shape index (κ2) is 5.64. The number of sulfonamides is 1. The Hall–Kier alpha value is -1.86. The third kappa shape index (κ3) is 3.00. The molecule has 1 N–H and O–H groups in total. The first-order valence-electron chi connectivity index (χ1n) is 5.69. The monoisotopic (exact) mass is 311 g/mol. The third-order valence-corrected chi connectivity index (χ3v) is 5.39. The minimum Gasteiger partial charge on any atom is -0.496 e. The van der Waals surface area contributed by atoms with Crippen LogP contribution in [0.15, 0.2) is 39.9 Å². The van der Waals surface area contributed by atoms with Crippen LogP contribution in [0, 0.1) is 6.92 Å². The van der Waals surface area contributed by atoms with E-state index < -0.39 is 15.9 Å². The van der Waals surface area contributed by atoms with Crippen molar-refractivity contribution < 1.29 is 17.9 Å². The number of hydrogen-bond acceptors (Lipinski definition) is 5. The summed E-state index contributed by atoms with van der Waals surface area (Å²) in [5.74, 6) is -0.150. The van der Waals surface area contributed by atoms with E-state index in [1.165, 1.54) is 19.2 Å². The molecule has 20 heavy (non-hydrogen) atoms. The fraction of sp³-hybridized carbons (Fsp3) is 0.154. The zero-order valence-electron chi connectivity index (χ0n) is 10.9. The summed E-state index contributed by atoms with van der Waals surface area (Å²) >= 11 is 1.05. The summed E-state index contributed by atoms with van der Waals surface area (Å²) in [5, 5.41) is 1.63. The topological polar surface area (TPSA) is 72.5 Å². The standard InChI is InChI=1S/C13H13NO4S2/c1-9-5-6-10(8-11(9)18-2)13(15)14-20(16,17)12-4-3-7-19-12/h3-8H,1-2H3,(H,14,15). The van der Waals surface area contributed by atoms with Gasteiger partial charge in [0, 0.05) is 5.56 Å². The van der Waals surface area contributed by atoms with Crippen molar-refractivity contribution in [2.24, 2.45) is 0 Å². The SMILES string of the molecule is COc1cc(C(=O)NS(=O)(=O)c2cccs2)ccc1C. The molecule has 2 aromatic rings. The lowest BCUT2D eigenvalue weighted by atomic mass is 10.1. The lowest BCUT2D eigenvalue weighted by Gasteiger charge is -2.08. The van der Waals surface area contributed by atoms with E-state index in [1.807, 2.05) is 11.6 Å². The van der Waals surface area contributed by atoms with Crippen molar-refractivity contribution in [2.45, 2.75) is 11.1 Å². The predicted octanol–water partition coefficient (Wildman–Crippen LogP) is 2.18. The van der Waals surface area contributed by atoms with Crippen LogP contribution in [-0.4, -0.2) is 21.4 Å². The van der Waals surface area contributed by atoms with Gasteiger partial charge in [-0.15, -0.1) is 11.3 Å². The van der Waals surface area contributed by atoms with Crippen LogP contribution < -0.4 is 9.46 Å². The van der Waals surface area contributed by atoms with E-state index in [-0.39, 0.29) is 9.77 Å². The highest BCUT2D eigenvalue weighted by Gasteiger charge is 2.20. The number of thiophene rings is 1. The Balaban J connectivity index is 2.25. The first-order valence-corrected chi connectivity index (χ1v) is 8.05. The Morgan fingerprint density at radius 3 is 2.65 bits per heavy atom. The molecule has 0 aliphatic carbocycles. The maximum Gasteiger partial charge on any atom is 0.273 e. The van der Waals surface area contributed by atoms with Crippen LogP contribution in [0.4, 0.5) is 0 Å². The van der Waals surface area contributed by atoms with Crippen LogP contribution in [-0.2, 0) is 10.0 Å². The molecule has 1 aromatic carbocycles. The molecule has 7 heteroatoms. The van der Waals surface area contributed by atoms with Gasteiger partial charge in [0.15, 0.2) is 0 Å². The van der Waals surface area contributed by atoms with Gasteiger partial charge in [-0.3, -0.25) is 4.79 Å². The quantitative estimate of drug-likeness (QED) is 0.939. The number of ether oxygens (including phenoxy) is 1.